The van der Waals surface area contributed by atoms with Crippen molar-refractivity contribution in [2.75, 3.05) is 14.1 Å². The monoisotopic (exact) mass is 584 g/mol. The highest BCUT2D eigenvalue weighted by Gasteiger charge is 2.68. The fourth-order valence-corrected chi connectivity index (χ4v) is 7.29. The van der Waals surface area contributed by atoms with Gasteiger partial charge in [0, 0.05) is 17.1 Å². The Bertz CT molecular complexity index is 1430. The van der Waals surface area contributed by atoms with E-state index in [9.17, 15) is 39.9 Å². The van der Waals surface area contributed by atoms with Crippen molar-refractivity contribution in [3.05, 3.63) is 51.5 Å². The molecule has 0 spiro atoms. The molecule has 0 radical (unpaired) electrons. The average Bonchev–Trinajstić information content (AvgIpc) is 2.83. The number of fused-ring (bicyclic) bond motifs is 3. The summed E-state index contributed by atoms with van der Waals surface area (Å²) in [5, 5.41) is 56.8. The molecule has 228 valence electrons. The number of carbonyl (C=O) groups excluding carboxylic acids is 3. The molecule has 1 unspecified atom stereocenters. The number of aromatic hydroxyl groups is 1. The van der Waals surface area contributed by atoms with Crippen LogP contribution in [-0.2, 0) is 19.7 Å². The van der Waals surface area contributed by atoms with Crippen LogP contribution in [0.2, 0.25) is 0 Å². The molecule has 0 aliphatic heterocycles. The fourth-order valence-electron chi connectivity index (χ4n) is 7.29. The van der Waals surface area contributed by atoms with Gasteiger partial charge in [-0.05, 0) is 43.8 Å². The number of rotatable bonds is 4. The first-order valence-corrected chi connectivity index (χ1v) is 14.3. The molecule has 0 bridgehead atoms. The molecule has 1 aromatic rings. The molecule has 1 aromatic carbocycles. The highest BCUT2D eigenvalue weighted by atomic mass is 16.5. The van der Waals surface area contributed by atoms with Crippen LogP contribution >= 0.6 is 0 Å². The molecule has 4 aliphatic rings. The van der Waals surface area contributed by atoms with Crippen molar-refractivity contribution in [2.45, 2.75) is 82.3 Å². The molecule has 1 fully saturated rings. The molecular formula is C31H40N2O9. The lowest BCUT2D eigenvalue weighted by Crippen LogP contribution is -2.69. The smallest absolute Gasteiger partial charge is 0.309 e. The van der Waals surface area contributed by atoms with E-state index in [-0.39, 0.29) is 16.9 Å². The molecular weight excluding hydrogens is 544 g/mol. The summed E-state index contributed by atoms with van der Waals surface area (Å²) in [5.41, 5.74) is 2.01. The van der Waals surface area contributed by atoms with E-state index in [2.05, 4.69) is 0 Å². The van der Waals surface area contributed by atoms with E-state index < -0.39 is 87.7 Å². The number of hydrogen-bond donors (Lipinski definition) is 6. The van der Waals surface area contributed by atoms with E-state index in [1.807, 2.05) is 20.8 Å². The van der Waals surface area contributed by atoms with Gasteiger partial charge in [-0.1, -0.05) is 46.2 Å². The molecule has 11 nitrogen and oxygen atoms in total. The quantitative estimate of drug-likeness (QED) is 0.224. The normalized spacial score (nSPS) is 32.3. The number of Topliss-reactive ketones (excluding diaryl/α,β-unsaturated/α-hetero) is 2. The van der Waals surface area contributed by atoms with Gasteiger partial charge in [0.05, 0.1) is 29.0 Å². The number of aliphatic hydroxyl groups is 4. The minimum absolute atomic E-state index is 0.0660. The Hall–Kier alpha value is -3.25. The molecule has 7 N–H and O–H groups in total. The third kappa shape index (κ3) is 4.05. The van der Waals surface area contributed by atoms with Gasteiger partial charge in [0.1, 0.15) is 29.6 Å². The standard InChI is InChI=1S/C31H40N2O9/c1-12-14-10-11-15(30(2,3)4)22(34)17(14)23(35)18-16(12)25(42-29(40)13-8-7-9-13)20-21(33(5)6)24(36)19(28(32)39)27(38)31(20,41)26(18)37/h10-13,16,20-21,25,28,34,36-37,39,41H,7-9,32H2,1-6H3/t12-,16+,20+,21-,25-,28?,31-/m0/s1. The number of phenols is 1. The maximum absolute atomic E-state index is 14.3. The average molecular weight is 585 g/mol. The van der Waals surface area contributed by atoms with Crippen LogP contribution in [0.25, 0.3) is 0 Å². The zero-order valence-electron chi connectivity index (χ0n) is 24.7. The number of nitrogens with two attached hydrogens (primary N) is 1. The minimum Gasteiger partial charge on any atom is -0.510 e. The zero-order chi connectivity index (χ0) is 31.2. The van der Waals surface area contributed by atoms with E-state index in [0.29, 0.717) is 24.0 Å². The summed E-state index contributed by atoms with van der Waals surface area (Å²) in [5.74, 6) is -8.09. The van der Waals surface area contributed by atoms with E-state index in [0.717, 1.165) is 6.42 Å². The summed E-state index contributed by atoms with van der Waals surface area (Å²) in [4.78, 5) is 43.0. The SMILES string of the molecule is C[C@H]1c2ccc(C(C)(C)C)c(O)c2C(=O)C2=C(O)[C@]3(O)C(=O)C(C(N)O)=C(O)[C@@H](N(C)C)[C@@H]3[C@@H](OC(=O)C3CCC3)[C@@H]21. The number of aliphatic hydroxyl groups excluding tert-OH is 3. The summed E-state index contributed by atoms with van der Waals surface area (Å²) in [6, 6.07) is 2.22. The van der Waals surface area contributed by atoms with Crippen molar-refractivity contribution in [1.29, 1.82) is 0 Å². The second-order valence-electron chi connectivity index (χ2n) is 13.4. The number of esters is 1. The summed E-state index contributed by atoms with van der Waals surface area (Å²) in [6.07, 6.45) is -1.34. The number of benzene rings is 1. The number of hydrogen-bond acceptors (Lipinski definition) is 11. The van der Waals surface area contributed by atoms with Crippen LogP contribution in [0, 0.1) is 17.8 Å². The van der Waals surface area contributed by atoms with Gasteiger partial charge in [-0.2, -0.15) is 0 Å². The van der Waals surface area contributed by atoms with Crippen LogP contribution in [0.3, 0.4) is 0 Å². The zero-order valence-corrected chi connectivity index (χ0v) is 24.7. The number of ketones is 2. The molecule has 11 heteroatoms. The fraction of sp³-hybridized carbons (Fsp3) is 0.581. The number of carbonyl (C=O) groups is 3. The molecule has 4 aliphatic carbocycles. The van der Waals surface area contributed by atoms with Crippen LogP contribution in [0.15, 0.2) is 34.8 Å². The van der Waals surface area contributed by atoms with Gasteiger partial charge >= 0.3 is 5.97 Å². The Labute approximate surface area is 244 Å². The van der Waals surface area contributed by atoms with Gasteiger partial charge in [-0.15, -0.1) is 0 Å². The van der Waals surface area contributed by atoms with E-state index in [4.69, 9.17) is 10.5 Å². The Morgan fingerprint density at radius 1 is 1.14 bits per heavy atom. The van der Waals surface area contributed by atoms with E-state index in [1.54, 1.807) is 33.2 Å². The van der Waals surface area contributed by atoms with Crippen LogP contribution in [0.1, 0.15) is 74.4 Å². The number of ether oxygens (including phenoxy) is 1. The lowest BCUT2D eigenvalue weighted by molar-refractivity contribution is -0.186. The van der Waals surface area contributed by atoms with Crippen molar-refractivity contribution in [1.82, 2.24) is 4.90 Å². The summed E-state index contributed by atoms with van der Waals surface area (Å²) in [6.45, 7) is 7.37. The molecule has 7 atom stereocenters. The highest BCUT2D eigenvalue weighted by molar-refractivity contribution is 6.16. The van der Waals surface area contributed by atoms with Gasteiger partial charge in [0.15, 0.2) is 11.4 Å². The van der Waals surface area contributed by atoms with Crippen LogP contribution in [0.5, 0.6) is 5.75 Å². The van der Waals surface area contributed by atoms with Crippen molar-refractivity contribution in [3.8, 4) is 5.75 Å². The third-order valence-corrected chi connectivity index (χ3v) is 9.69. The van der Waals surface area contributed by atoms with E-state index in [1.165, 1.54) is 4.90 Å². The molecule has 42 heavy (non-hydrogen) atoms. The molecule has 5 rings (SSSR count). The van der Waals surface area contributed by atoms with Gasteiger partial charge in [-0.25, -0.2) is 0 Å². The highest BCUT2D eigenvalue weighted by Crippen LogP contribution is 2.57. The number of nitrogens with zero attached hydrogens (tertiary/aromatic N) is 1. The largest absolute Gasteiger partial charge is 0.510 e. The van der Waals surface area contributed by atoms with Crippen molar-refractivity contribution in [3.63, 3.8) is 0 Å². The predicted molar refractivity (Wildman–Crippen MR) is 151 cm³/mol. The first-order chi connectivity index (χ1) is 19.5. The Kier molecular flexibility index (Phi) is 7.12. The van der Waals surface area contributed by atoms with Gasteiger partial charge < -0.3 is 36.0 Å². The molecule has 1 saturated carbocycles. The van der Waals surface area contributed by atoms with Crippen LogP contribution in [0.4, 0.5) is 0 Å². The second-order valence-corrected chi connectivity index (χ2v) is 13.4. The first-order valence-electron chi connectivity index (χ1n) is 14.3. The lowest BCUT2D eigenvalue weighted by atomic mass is 9.55. The van der Waals surface area contributed by atoms with Crippen molar-refractivity contribution < 1.29 is 44.7 Å². The maximum atomic E-state index is 14.3. The van der Waals surface area contributed by atoms with Gasteiger partial charge in [0.2, 0.25) is 5.78 Å². The Morgan fingerprint density at radius 2 is 1.76 bits per heavy atom. The molecule has 0 aromatic heterocycles. The van der Waals surface area contributed by atoms with Crippen molar-refractivity contribution >= 4 is 17.5 Å². The topological polar surface area (TPSA) is 191 Å². The van der Waals surface area contributed by atoms with Gasteiger partial charge in [0.25, 0.3) is 0 Å². The summed E-state index contributed by atoms with van der Waals surface area (Å²) >= 11 is 0. The Balaban J connectivity index is 1.82. The number of phenolic OH excluding ortho intramolecular Hbond substituents is 1. The summed E-state index contributed by atoms with van der Waals surface area (Å²) < 4.78 is 6.10. The molecule has 0 amide bonds. The minimum atomic E-state index is -2.89. The second kappa shape index (κ2) is 9.90. The van der Waals surface area contributed by atoms with E-state index >= 15 is 0 Å². The molecule has 0 heterocycles. The summed E-state index contributed by atoms with van der Waals surface area (Å²) in [7, 11) is 3.10. The first kappa shape index (κ1) is 30.2. The molecule has 0 saturated heterocycles. The lowest BCUT2D eigenvalue weighted by Gasteiger charge is -2.55. The third-order valence-electron chi connectivity index (χ3n) is 9.69. The Morgan fingerprint density at radius 3 is 2.26 bits per heavy atom. The van der Waals surface area contributed by atoms with Crippen LogP contribution < -0.4 is 5.73 Å². The van der Waals surface area contributed by atoms with Crippen LogP contribution in [-0.4, -0.2) is 86.0 Å². The predicted octanol–water partition coefficient (Wildman–Crippen LogP) is 2.09. The maximum Gasteiger partial charge on any atom is 0.309 e. The van der Waals surface area contributed by atoms with Gasteiger partial charge in [-0.3, -0.25) is 19.3 Å². The van der Waals surface area contributed by atoms with Crippen molar-refractivity contribution in [2.24, 2.45) is 23.5 Å². The number of likely N-dealkylation sites (N-methyl/N-ethyl adjacent to an activating group) is 1.